The molecule has 0 aromatic heterocycles. The van der Waals surface area contributed by atoms with Gasteiger partial charge in [0.1, 0.15) is 0 Å². The van der Waals surface area contributed by atoms with Crippen LogP contribution in [0.5, 0.6) is 0 Å². The molecule has 3 aliphatic rings. The van der Waals surface area contributed by atoms with Gasteiger partial charge in [0.25, 0.3) is 5.92 Å². The summed E-state index contributed by atoms with van der Waals surface area (Å²) in [6, 6.07) is 9.10. The van der Waals surface area contributed by atoms with Gasteiger partial charge in [-0.15, -0.1) is 0 Å². The van der Waals surface area contributed by atoms with E-state index < -0.39 is 5.92 Å². The third kappa shape index (κ3) is 5.00. The minimum Gasteiger partial charge on any atom is -0.380 e. The zero-order valence-corrected chi connectivity index (χ0v) is 16.2. The number of nitrogens with one attached hydrogen (secondary N) is 1. The fourth-order valence-electron chi connectivity index (χ4n) is 4.28. The highest BCUT2D eigenvalue weighted by atomic mass is 19.3. The van der Waals surface area contributed by atoms with Crippen molar-refractivity contribution in [2.45, 2.75) is 50.1 Å². The van der Waals surface area contributed by atoms with Gasteiger partial charge in [0.05, 0.1) is 13.2 Å². The molecule has 3 fully saturated rings. The van der Waals surface area contributed by atoms with E-state index in [1.807, 2.05) is 35.2 Å². The maximum absolute atomic E-state index is 14.1. The SMILES string of the molecule is O=C(Nc1ccccc1)N1CCC(N2CC(F)(F)C[C@H]2COCC2CC2)CC1. The molecule has 5 nitrogen and oxygen atoms in total. The fourth-order valence-corrected chi connectivity index (χ4v) is 4.28. The monoisotopic (exact) mass is 393 g/mol. The molecule has 2 saturated heterocycles. The zero-order chi connectivity index (χ0) is 19.6. The zero-order valence-electron chi connectivity index (χ0n) is 16.2. The fraction of sp³-hybridized carbons (Fsp3) is 0.667. The predicted molar refractivity (Wildman–Crippen MR) is 104 cm³/mol. The van der Waals surface area contributed by atoms with Crippen LogP contribution >= 0.6 is 0 Å². The van der Waals surface area contributed by atoms with Crippen molar-refractivity contribution in [1.82, 2.24) is 9.80 Å². The number of benzene rings is 1. The van der Waals surface area contributed by atoms with Crippen molar-refractivity contribution >= 4 is 11.7 Å². The largest absolute Gasteiger partial charge is 0.380 e. The molecule has 2 heterocycles. The van der Waals surface area contributed by atoms with Gasteiger partial charge in [-0.25, -0.2) is 13.6 Å². The number of urea groups is 1. The van der Waals surface area contributed by atoms with E-state index in [1.165, 1.54) is 12.8 Å². The Balaban J connectivity index is 1.28. The van der Waals surface area contributed by atoms with Crippen LogP contribution in [0.1, 0.15) is 32.1 Å². The van der Waals surface area contributed by atoms with Gasteiger partial charge in [0.2, 0.25) is 0 Å². The van der Waals surface area contributed by atoms with Crippen LogP contribution in [-0.2, 0) is 4.74 Å². The highest BCUT2D eigenvalue weighted by Crippen LogP contribution is 2.36. The lowest BCUT2D eigenvalue weighted by Gasteiger charge is -2.39. The van der Waals surface area contributed by atoms with Crippen molar-refractivity contribution in [3.63, 3.8) is 0 Å². The Kier molecular flexibility index (Phi) is 5.83. The number of halogens is 2. The van der Waals surface area contributed by atoms with Gasteiger partial charge in [-0.1, -0.05) is 18.2 Å². The molecule has 154 valence electrons. The molecule has 4 rings (SSSR count). The van der Waals surface area contributed by atoms with Crippen molar-refractivity contribution in [1.29, 1.82) is 0 Å². The van der Waals surface area contributed by atoms with E-state index in [4.69, 9.17) is 4.74 Å². The van der Waals surface area contributed by atoms with Crippen LogP contribution in [0, 0.1) is 5.92 Å². The Labute approximate surface area is 165 Å². The molecule has 0 bridgehead atoms. The number of carbonyl (C=O) groups excluding carboxylic acids is 1. The molecule has 2 aliphatic heterocycles. The number of para-hydroxylation sites is 1. The molecule has 0 unspecified atom stereocenters. The lowest BCUT2D eigenvalue weighted by molar-refractivity contribution is 0.00378. The number of hydrogen-bond acceptors (Lipinski definition) is 3. The van der Waals surface area contributed by atoms with E-state index in [2.05, 4.69) is 5.32 Å². The number of alkyl halides is 2. The van der Waals surface area contributed by atoms with E-state index in [0.717, 1.165) is 18.5 Å². The van der Waals surface area contributed by atoms with Gasteiger partial charge in [-0.2, -0.15) is 0 Å². The molecular weight excluding hydrogens is 364 g/mol. The Hall–Kier alpha value is -1.73. The molecule has 1 aromatic carbocycles. The number of hydrogen-bond donors (Lipinski definition) is 1. The Morgan fingerprint density at radius 1 is 1.11 bits per heavy atom. The van der Waals surface area contributed by atoms with Gasteiger partial charge in [-0.05, 0) is 43.7 Å². The van der Waals surface area contributed by atoms with Crippen molar-refractivity contribution < 1.29 is 18.3 Å². The Morgan fingerprint density at radius 3 is 2.50 bits per heavy atom. The quantitative estimate of drug-likeness (QED) is 0.799. The first-order valence-electron chi connectivity index (χ1n) is 10.3. The summed E-state index contributed by atoms with van der Waals surface area (Å²) in [6.07, 6.45) is 3.73. The lowest BCUT2D eigenvalue weighted by atomic mass is 10.0. The summed E-state index contributed by atoms with van der Waals surface area (Å²) in [5.74, 6) is -2.00. The number of nitrogens with zero attached hydrogens (tertiary/aromatic N) is 2. The number of amides is 2. The normalized spacial score (nSPS) is 25.8. The number of likely N-dealkylation sites (tertiary alicyclic amines) is 2. The topological polar surface area (TPSA) is 44.8 Å². The van der Waals surface area contributed by atoms with Crippen LogP contribution in [-0.4, -0.2) is 66.7 Å². The van der Waals surface area contributed by atoms with Crippen LogP contribution in [0.25, 0.3) is 0 Å². The van der Waals surface area contributed by atoms with Crippen LogP contribution < -0.4 is 5.32 Å². The van der Waals surface area contributed by atoms with Crippen molar-refractivity contribution in [2.75, 3.05) is 38.2 Å². The molecule has 0 spiro atoms. The van der Waals surface area contributed by atoms with Gasteiger partial charge >= 0.3 is 6.03 Å². The smallest absolute Gasteiger partial charge is 0.321 e. The van der Waals surface area contributed by atoms with Gasteiger partial charge < -0.3 is 15.0 Å². The summed E-state index contributed by atoms with van der Waals surface area (Å²) in [7, 11) is 0. The van der Waals surface area contributed by atoms with Gasteiger partial charge in [0.15, 0.2) is 0 Å². The van der Waals surface area contributed by atoms with E-state index in [0.29, 0.717) is 32.2 Å². The number of carbonyl (C=O) groups is 1. The standard InChI is InChI=1S/C21H29F2N3O2/c22-21(23)12-19(14-28-13-16-6-7-16)26(15-21)18-8-10-25(11-9-18)20(27)24-17-4-2-1-3-5-17/h1-5,16,18-19H,6-15H2,(H,24,27)/t19-/m0/s1. The van der Waals surface area contributed by atoms with Crippen LogP contribution in [0.2, 0.25) is 0 Å². The lowest BCUT2D eigenvalue weighted by Crippen LogP contribution is -2.50. The molecule has 2 amide bonds. The Morgan fingerprint density at radius 2 is 1.82 bits per heavy atom. The Bertz CT molecular complexity index is 661. The van der Waals surface area contributed by atoms with Crippen molar-refractivity contribution in [3.8, 4) is 0 Å². The molecule has 28 heavy (non-hydrogen) atoms. The summed E-state index contributed by atoms with van der Waals surface area (Å²) in [6.45, 7) is 2.07. The van der Waals surface area contributed by atoms with E-state index >= 15 is 0 Å². The van der Waals surface area contributed by atoms with Gasteiger partial charge in [0, 0.05) is 43.9 Å². The molecular formula is C21H29F2N3O2. The maximum Gasteiger partial charge on any atom is 0.321 e. The third-order valence-electron chi connectivity index (χ3n) is 6.02. The number of anilines is 1. The number of ether oxygens (including phenoxy) is 1. The van der Waals surface area contributed by atoms with E-state index in [9.17, 15) is 13.6 Å². The van der Waals surface area contributed by atoms with Gasteiger partial charge in [-0.3, -0.25) is 4.90 Å². The summed E-state index contributed by atoms with van der Waals surface area (Å²) in [5.41, 5.74) is 0.765. The molecule has 1 saturated carbocycles. The summed E-state index contributed by atoms with van der Waals surface area (Å²) < 4.78 is 33.9. The maximum atomic E-state index is 14.1. The molecule has 1 aromatic rings. The predicted octanol–water partition coefficient (Wildman–Crippen LogP) is 3.82. The first-order chi connectivity index (χ1) is 13.5. The molecule has 7 heteroatoms. The van der Waals surface area contributed by atoms with Crippen LogP contribution in [0.3, 0.4) is 0 Å². The second kappa shape index (κ2) is 8.33. The molecule has 1 aliphatic carbocycles. The highest BCUT2D eigenvalue weighted by molar-refractivity contribution is 5.89. The van der Waals surface area contributed by atoms with Crippen molar-refractivity contribution in [3.05, 3.63) is 30.3 Å². The molecule has 1 N–H and O–H groups in total. The van der Waals surface area contributed by atoms with Crippen molar-refractivity contribution in [2.24, 2.45) is 5.92 Å². The summed E-state index contributed by atoms with van der Waals surface area (Å²) in [4.78, 5) is 16.2. The van der Waals surface area contributed by atoms with Crippen LogP contribution in [0.15, 0.2) is 30.3 Å². The number of rotatable bonds is 6. The summed E-state index contributed by atoms with van der Waals surface area (Å²) in [5, 5.41) is 2.90. The van der Waals surface area contributed by atoms with E-state index in [1.54, 1.807) is 4.90 Å². The first kappa shape index (κ1) is 19.6. The average Bonchev–Trinajstić information content (AvgIpc) is 3.45. The number of piperidine rings is 1. The second-order valence-corrected chi connectivity index (χ2v) is 8.38. The minimum absolute atomic E-state index is 0.0867. The van der Waals surface area contributed by atoms with E-state index in [-0.39, 0.29) is 31.1 Å². The molecule has 0 radical (unpaired) electrons. The third-order valence-corrected chi connectivity index (χ3v) is 6.02. The second-order valence-electron chi connectivity index (χ2n) is 8.38. The summed E-state index contributed by atoms with van der Waals surface area (Å²) >= 11 is 0. The first-order valence-corrected chi connectivity index (χ1v) is 10.3. The highest BCUT2D eigenvalue weighted by Gasteiger charge is 2.47. The molecule has 1 atom stereocenters. The minimum atomic E-state index is -2.64. The average molecular weight is 393 g/mol. The van der Waals surface area contributed by atoms with Crippen LogP contribution in [0.4, 0.5) is 19.3 Å².